The van der Waals surface area contributed by atoms with Crippen molar-refractivity contribution in [2.75, 3.05) is 18.5 Å². The fourth-order valence-corrected chi connectivity index (χ4v) is 3.60. The summed E-state index contributed by atoms with van der Waals surface area (Å²) in [6, 6.07) is 10.8. The van der Waals surface area contributed by atoms with Gasteiger partial charge in [-0.1, -0.05) is 6.07 Å². The Balaban J connectivity index is 1.74. The average Bonchev–Trinajstić information content (AvgIpc) is 3.08. The number of hydrogen-bond acceptors (Lipinski definition) is 4. The van der Waals surface area contributed by atoms with Crippen molar-refractivity contribution in [2.24, 2.45) is 0 Å². The highest BCUT2D eigenvalue weighted by atomic mass is 19.4. The van der Waals surface area contributed by atoms with Gasteiger partial charge in [-0.25, -0.2) is 4.39 Å². The molecule has 0 aliphatic carbocycles. The molecule has 2 aromatic carbocycles. The number of aromatic nitrogens is 2. The molecule has 1 aliphatic rings. The molecule has 0 radical (unpaired) electrons. The maximum absolute atomic E-state index is 13.5. The van der Waals surface area contributed by atoms with Crippen LogP contribution in [-0.4, -0.2) is 40.9 Å². The smallest absolute Gasteiger partial charge is 0.471 e. The van der Waals surface area contributed by atoms with Crippen molar-refractivity contribution in [1.29, 1.82) is 0 Å². The van der Waals surface area contributed by atoms with Crippen LogP contribution in [0.3, 0.4) is 0 Å². The number of alkyl halides is 3. The van der Waals surface area contributed by atoms with E-state index >= 15 is 0 Å². The first-order valence-corrected chi connectivity index (χ1v) is 9.89. The molecule has 2 N–H and O–H groups in total. The van der Waals surface area contributed by atoms with Gasteiger partial charge in [0.25, 0.3) is 5.91 Å². The van der Waals surface area contributed by atoms with E-state index in [1.54, 1.807) is 25.1 Å². The number of anilines is 1. The summed E-state index contributed by atoms with van der Waals surface area (Å²) >= 11 is 0. The predicted octanol–water partition coefficient (Wildman–Crippen LogP) is 3.67. The molecule has 0 atom stereocenters. The summed E-state index contributed by atoms with van der Waals surface area (Å²) in [5.74, 6) is -2.29. The summed E-state index contributed by atoms with van der Waals surface area (Å²) in [7, 11) is 0. The van der Waals surface area contributed by atoms with Gasteiger partial charge in [0.05, 0.1) is 23.6 Å². The zero-order valence-electron chi connectivity index (χ0n) is 17.3. The second kappa shape index (κ2) is 8.57. The average molecular weight is 462 g/mol. The predicted molar refractivity (Wildman–Crippen MR) is 111 cm³/mol. The van der Waals surface area contributed by atoms with Crippen LogP contribution >= 0.6 is 0 Å². The summed E-state index contributed by atoms with van der Waals surface area (Å²) in [6.07, 6.45) is -4.99. The van der Waals surface area contributed by atoms with Crippen molar-refractivity contribution in [3.05, 3.63) is 54.0 Å². The second-order valence-corrected chi connectivity index (χ2v) is 7.34. The van der Waals surface area contributed by atoms with E-state index in [1.165, 1.54) is 28.9 Å². The highest BCUT2D eigenvalue weighted by Gasteiger charge is 2.38. The first kappa shape index (κ1) is 22.3. The lowest BCUT2D eigenvalue weighted by Gasteiger charge is -2.19. The molecule has 33 heavy (non-hydrogen) atoms. The van der Waals surface area contributed by atoms with Gasteiger partial charge in [-0.2, -0.15) is 18.3 Å². The number of fused-ring (bicyclic) bond motifs is 1. The van der Waals surface area contributed by atoms with Gasteiger partial charge in [0.2, 0.25) is 0 Å². The summed E-state index contributed by atoms with van der Waals surface area (Å²) in [6.45, 7) is 1.26. The lowest BCUT2D eigenvalue weighted by atomic mass is 9.98. The third-order valence-corrected chi connectivity index (χ3v) is 5.01. The van der Waals surface area contributed by atoms with Crippen molar-refractivity contribution in [1.82, 2.24) is 15.1 Å². The molecule has 0 bridgehead atoms. The summed E-state index contributed by atoms with van der Waals surface area (Å²) in [5, 5.41) is 9.00. The van der Waals surface area contributed by atoms with Crippen molar-refractivity contribution < 1.29 is 31.9 Å². The van der Waals surface area contributed by atoms with E-state index in [0.29, 0.717) is 39.5 Å². The van der Waals surface area contributed by atoms with E-state index in [4.69, 9.17) is 4.74 Å². The first-order valence-electron chi connectivity index (χ1n) is 9.89. The zero-order valence-corrected chi connectivity index (χ0v) is 17.3. The lowest BCUT2D eigenvalue weighted by molar-refractivity contribution is -0.173. The van der Waals surface area contributed by atoms with Crippen LogP contribution < -0.4 is 15.4 Å². The molecule has 7 nitrogen and oxygen atoms in total. The molecule has 0 spiro atoms. The minimum Gasteiger partial charge on any atom is -0.482 e. The Kier molecular flexibility index (Phi) is 5.79. The number of nitrogens with zero attached hydrogens (tertiary/aromatic N) is 2. The molecule has 2 heterocycles. The van der Waals surface area contributed by atoms with Crippen LogP contribution in [0.5, 0.6) is 5.75 Å². The molecule has 2 amide bonds. The van der Waals surface area contributed by atoms with Crippen LogP contribution in [0.1, 0.15) is 5.69 Å². The van der Waals surface area contributed by atoms with Gasteiger partial charge in [0, 0.05) is 17.7 Å². The van der Waals surface area contributed by atoms with Crippen LogP contribution in [-0.2, 0) is 16.1 Å². The van der Waals surface area contributed by atoms with E-state index in [-0.39, 0.29) is 25.6 Å². The van der Waals surface area contributed by atoms with E-state index < -0.39 is 17.9 Å². The number of rotatable bonds is 5. The normalized spacial score (nSPS) is 13.2. The minimum absolute atomic E-state index is 0.0554. The van der Waals surface area contributed by atoms with Crippen LogP contribution in [0.2, 0.25) is 0 Å². The van der Waals surface area contributed by atoms with E-state index in [1.807, 2.05) is 5.32 Å². The molecule has 11 heteroatoms. The van der Waals surface area contributed by atoms with E-state index in [0.717, 1.165) is 0 Å². The van der Waals surface area contributed by atoms with Gasteiger partial charge in [-0.3, -0.25) is 14.3 Å². The fraction of sp³-hybridized carbons (Fsp3) is 0.227. The highest BCUT2D eigenvalue weighted by Crippen LogP contribution is 2.39. The minimum atomic E-state index is -4.99. The molecule has 1 aliphatic heterocycles. The monoisotopic (exact) mass is 462 g/mol. The van der Waals surface area contributed by atoms with Crippen molar-refractivity contribution in [3.8, 4) is 28.1 Å². The third-order valence-electron chi connectivity index (χ3n) is 5.01. The standard InChI is InChI=1S/C22H18F4N4O3/c1-12-19(14-4-7-17-16(10-14)28-18(31)11-33-17)20(13-2-5-15(23)6-3-13)30(29-12)9-8-27-21(32)22(24,25)26/h2-7,10H,8-9,11H2,1H3,(H,27,32)(H,28,31). The van der Waals surface area contributed by atoms with Crippen molar-refractivity contribution >= 4 is 17.5 Å². The summed E-state index contributed by atoms with van der Waals surface area (Å²) in [5.41, 5.74) is 3.44. The number of aryl methyl sites for hydroxylation is 1. The van der Waals surface area contributed by atoms with Gasteiger partial charge in [-0.05, 0) is 48.9 Å². The maximum Gasteiger partial charge on any atom is 0.471 e. The number of halogens is 4. The molecule has 0 unspecified atom stereocenters. The molecule has 4 rings (SSSR count). The number of carbonyl (C=O) groups excluding carboxylic acids is 2. The molecule has 1 aromatic heterocycles. The van der Waals surface area contributed by atoms with E-state index in [2.05, 4.69) is 10.4 Å². The molecule has 3 aromatic rings. The summed E-state index contributed by atoms with van der Waals surface area (Å²) < 4.78 is 57.9. The third kappa shape index (κ3) is 4.66. The molecular weight excluding hydrogens is 444 g/mol. The van der Waals surface area contributed by atoms with Gasteiger partial charge < -0.3 is 15.4 Å². The molecule has 0 fully saturated rings. The fourth-order valence-electron chi connectivity index (χ4n) is 3.60. The largest absolute Gasteiger partial charge is 0.482 e. The van der Waals surface area contributed by atoms with Crippen LogP contribution in [0.15, 0.2) is 42.5 Å². The Hall–Kier alpha value is -3.89. The lowest BCUT2D eigenvalue weighted by Crippen LogP contribution is -2.38. The van der Waals surface area contributed by atoms with Crippen molar-refractivity contribution in [2.45, 2.75) is 19.6 Å². The Labute approximate surface area is 185 Å². The van der Waals surface area contributed by atoms with E-state index in [9.17, 15) is 27.2 Å². The summed E-state index contributed by atoms with van der Waals surface area (Å²) in [4.78, 5) is 22.9. The number of benzene rings is 2. The molecular formula is C22H18F4N4O3. The molecule has 0 saturated carbocycles. The molecule has 0 saturated heterocycles. The van der Waals surface area contributed by atoms with Crippen LogP contribution in [0.25, 0.3) is 22.4 Å². The number of hydrogen-bond donors (Lipinski definition) is 2. The quantitative estimate of drug-likeness (QED) is 0.567. The van der Waals surface area contributed by atoms with Crippen LogP contribution in [0.4, 0.5) is 23.2 Å². The van der Waals surface area contributed by atoms with Gasteiger partial charge >= 0.3 is 12.1 Å². The topological polar surface area (TPSA) is 85.3 Å². The number of carbonyl (C=O) groups is 2. The Morgan fingerprint density at radius 2 is 1.88 bits per heavy atom. The number of nitrogens with one attached hydrogen (secondary N) is 2. The van der Waals surface area contributed by atoms with Crippen molar-refractivity contribution in [3.63, 3.8) is 0 Å². The van der Waals surface area contributed by atoms with Crippen LogP contribution in [0, 0.1) is 12.7 Å². The Bertz CT molecular complexity index is 1220. The van der Waals surface area contributed by atoms with Gasteiger partial charge in [0.1, 0.15) is 11.6 Å². The SMILES string of the molecule is Cc1nn(CCNC(=O)C(F)(F)F)c(-c2ccc(F)cc2)c1-c1ccc2c(c1)NC(=O)CO2. The maximum atomic E-state index is 13.5. The first-order chi connectivity index (χ1) is 15.6. The second-order valence-electron chi connectivity index (χ2n) is 7.34. The van der Waals surface area contributed by atoms with Gasteiger partial charge in [0.15, 0.2) is 6.61 Å². The zero-order chi connectivity index (χ0) is 23.8. The highest BCUT2D eigenvalue weighted by molar-refractivity contribution is 5.97. The number of amides is 2. The molecule has 172 valence electrons. The number of ether oxygens (including phenoxy) is 1. The Morgan fingerprint density at radius 3 is 2.58 bits per heavy atom. The van der Waals surface area contributed by atoms with Gasteiger partial charge in [-0.15, -0.1) is 0 Å². The Morgan fingerprint density at radius 1 is 1.18 bits per heavy atom.